The summed E-state index contributed by atoms with van der Waals surface area (Å²) < 4.78 is 0. The van der Waals surface area contributed by atoms with E-state index >= 15 is 0 Å². The van der Waals surface area contributed by atoms with Gasteiger partial charge in [0.05, 0.1) is 11.4 Å². The van der Waals surface area contributed by atoms with E-state index in [4.69, 9.17) is 9.97 Å². The molecule has 7 aromatic carbocycles. The molecule has 1 aromatic heterocycles. The molecule has 1 heterocycles. The molecule has 214 valence electrons. The monoisotopic (exact) mass is 584 g/mol. The van der Waals surface area contributed by atoms with Crippen LogP contribution in [-0.2, 0) is 0 Å². The molecule has 0 bridgehead atoms. The quantitative estimate of drug-likeness (QED) is 0.201. The Bertz CT molecular complexity index is 2290. The molecule has 1 aliphatic rings. The van der Waals surface area contributed by atoms with E-state index in [-0.39, 0.29) is 0 Å². The zero-order valence-electron chi connectivity index (χ0n) is 25.1. The largest absolute Gasteiger partial charge is 0.228 e. The summed E-state index contributed by atoms with van der Waals surface area (Å²) in [6.45, 7) is 0. The van der Waals surface area contributed by atoms with Gasteiger partial charge in [-0.1, -0.05) is 164 Å². The van der Waals surface area contributed by atoms with Gasteiger partial charge in [0.15, 0.2) is 5.82 Å². The maximum absolute atomic E-state index is 4.99. The zero-order valence-corrected chi connectivity index (χ0v) is 25.1. The van der Waals surface area contributed by atoms with Gasteiger partial charge < -0.3 is 0 Å². The second kappa shape index (κ2) is 10.8. The van der Waals surface area contributed by atoms with Crippen LogP contribution in [0.4, 0.5) is 0 Å². The molecule has 8 aromatic rings. The standard InChI is InChI=1S/C44H28N2/c1-3-10-32(11-4-1)41-28-42(46-44(45-41)34-12-5-2-6-13-34)33-24-20-30(21-25-33)29-18-22-31(23-19-29)35-26-27-40-37-15-8-7-14-36(37)39-17-9-16-38(35)43(39)40/h1-28H. The Kier molecular flexibility index (Phi) is 6.17. The third kappa shape index (κ3) is 4.43. The second-order valence-corrected chi connectivity index (χ2v) is 11.8. The Morgan fingerprint density at radius 2 is 0.739 bits per heavy atom. The van der Waals surface area contributed by atoms with Crippen LogP contribution in [0.25, 0.3) is 89.2 Å². The van der Waals surface area contributed by atoms with Crippen LogP contribution in [0.1, 0.15) is 0 Å². The number of hydrogen-bond donors (Lipinski definition) is 0. The van der Waals surface area contributed by atoms with Crippen LogP contribution in [0.3, 0.4) is 0 Å². The molecule has 0 spiro atoms. The van der Waals surface area contributed by atoms with Crippen LogP contribution in [-0.4, -0.2) is 9.97 Å². The summed E-state index contributed by atoms with van der Waals surface area (Å²) >= 11 is 0. The predicted molar refractivity (Wildman–Crippen MR) is 191 cm³/mol. The number of hydrogen-bond acceptors (Lipinski definition) is 2. The second-order valence-electron chi connectivity index (χ2n) is 11.8. The Hall–Kier alpha value is -6.12. The Balaban J connectivity index is 1.05. The molecule has 0 saturated heterocycles. The summed E-state index contributed by atoms with van der Waals surface area (Å²) in [5.41, 5.74) is 15.1. The van der Waals surface area contributed by atoms with Crippen LogP contribution in [0.15, 0.2) is 170 Å². The number of nitrogens with zero attached hydrogens (tertiary/aromatic N) is 2. The molecule has 2 heteroatoms. The molecule has 0 aliphatic heterocycles. The third-order valence-corrected chi connectivity index (χ3v) is 9.09. The number of benzene rings is 7. The maximum Gasteiger partial charge on any atom is 0.160 e. The van der Waals surface area contributed by atoms with Gasteiger partial charge in [0, 0.05) is 16.7 Å². The smallest absolute Gasteiger partial charge is 0.160 e. The summed E-state index contributed by atoms with van der Waals surface area (Å²) in [5.74, 6) is 0.726. The number of aromatic nitrogens is 2. The first-order valence-corrected chi connectivity index (χ1v) is 15.7. The summed E-state index contributed by atoms with van der Waals surface area (Å²) in [5, 5.41) is 2.66. The Labute approximate surface area is 268 Å². The highest BCUT2D eigenvalue weighted by atomic mass is 14.9. The lowest BCUT2D eigenvalue weighted by Crippen LogP contribution is -1.95. The first-order valence-electron chi connectivity index (χ1n) is 15.7. The lowest BCUT2D eigenvalue weighted by molar-refractivity contribution is 1.18. The molecular formula is C44H28N2. The van der Waals surface area contributed by atoms with Crippen molar-refractivity contribution in [3.05, 3.63) is 170 Å². The van der Waals surface area contributed by atoms with Crippen LogP contribution < -0.4 is 0 Å². The topological polar surface area (TPSA) is 25.8 Å². The van der Waals surface area contributed by atoms with Crippen molar-refractivity contribution in [1.29, 1.82) is 0 Å². The molecule has 0 unspecified atom stereocenters. The van der Waals surface area contributed by atoms with Crippen LogP contribution in [0.2, 0.25) is 0 Å². The molecule has 0 N–H and O–H groups in total. The minimum Gasteiger partial charge on any atom is -0.228 e. The molecular weight excluding hydrogens is 556 g/mol. The van der Waals surface area contributed by atoms with Crippen molar-refractivity contribution in [1.82, 2.24) is 9.97 Å². The van der Waals surface area contributed by atoms with E-state index in [1.165, 1.54) is 55.3 Å². The fourth-order valence-corrected chi connectivity index (χ4v) is 6.80. The van der Waals surface area contributed by atoms with Gasteiger partial charge in [0.1, 0.15) is 0 Å². The van der Waals surface area contributed by atoms with E-state index in [0.29, 0.717) is 0 Å². The van der Waals surface area contributed by atoms with Crippen molar-refractivity contribution in [3.63, 3.8) is 0 Å². The normalized spacial score (nSPS) is 11.5. The summed E-state index contributed by atoms with van der Waals surface area (Å²) in [4.78, 5) is 9.92. The van der Waals surface area contributed by atoms with Gasteiger partial charge in [0.25, 0.3) is 0 Å². The third-order valence-electron chi connectivity index (χ3n) is 9.09. The van der Waals surface area contributed by atoms with E-state index in [1.54, 1.807) is 0 Å². The van der Waals surface area contributed by atoms with E-state index in [1.807, 2.05) is 36.4 Å². The van der Waals surface area contributed by atoms with Gasteiger partial charge in [0.2, 0.25) is 0 Å². The Morgan fingerprint density at radius 3 is 1.37 bits per heavy atom. The van der Waals surface area contributed by atoms with Gasteiger partial charge >= 0.3 is 0 Å². The van der Waals surface area contributed by atoms with Crippen LogP contribution >= 0.6 is 0 Å². The molecule has 0 radical (unpaired) electrons. The lowest BCUT2D eigenvalue weighted by atomic mass is 9.93. The highest BCUT2D eigenvalue weighted by Gasteiger charge is 2.22. The average Bonchev–Trinajstić information content (AvgIpc) is 3.47. The zero-order chi connectivity index (χ0) is 30.5. The van der Waals surface area contributed by atoms with Gasteiger partial charge in [-0.25, -0.2) is 9.97 Å². The van der Waals surface area contributed by atoms with E-state index in [2.05, 4.69) is 133 Å². The van der Waals surface area contributed by atoms with Crippen molar-refractivity contribution in [3.8, 4) is 78.4 Å². The van der Waals surface area contributed by atoms with Crippen LogP contribution in [0.5, 0.6) is 0 Å². The SMILES string of the molecule is c1ccc(-c2cc(-c3ccc(-c4ccc(-c5ccc6c7c(cccc57)-c5ccccc5-6)cc4)cc3)nc(-c3ccccc3)n2)cc1. The molecule has 46 heavy (non-hydrogen) atoms. The molecule has 0 saturated carbocycles. The van der Waals surface area contributed by atoms with Crippen molar-refractivity contribution >= 4 is 10.8 Å². The van der Waals surface area contributed by atoms with Crippen molar-refractivity contribution < 1.29 is 0 Å². The minimum atomic E-state index is 0.726. The summed E-state index contributed by atoms with van der Waals surface area (Å²) in [6, 6.07) is 60.2. The molecule has 9 rings (SSSR count). The first kappa shape index (κ1) is 26.3. The fourth-order valence-electron chi connectivity index (χ4n) is 6.80. The Morgan fingerprint density at radius 1 is 0.283 bits per heavy atom. The molecule has 0 atom stereocenters. The van der Waals surface area contributed by atoms with Crippen molar-refractivity contribution in [2.24, 2.45) is 0 Å². The summed E-state index contributed by atoms with van der Waals surface area (Å²) in [6.07, 6.45) is 0. The van der Waals surface area contributed by atoms with E-state index in [0.717, 1.165) is 33.9 Å². The molecule has 2 nitrogen and oxygen atoms in total. The highest BCUT2D eigenvalue weighted by molar-refractivity contribution is 6.18. The predicted octanol–water partition coefficient (Wildman–Crippen LogP) is 11.6. The minimum absolute atomic E-state index is 0.726. The maximum atomic E-state index is 4.99. The van der Waals surface area contributed by atoms with Gasteiger partial charge in [-0.2, -0.15) is 0 Å². The average molecular weight is 585 g/mol. The van der Waals surface area contributed by atoms with Gasteiger partial charge in [-0.15, -0.1) is 0 Å². The van der Waals surface area contributed by atoms with Gasteiger partial charge in [-0.05, 0) is 61.3 Å². The highest BCUT2D eigenvalue weighted by Crippen LogP contribution is 2.49. The van der Waals surface area contributed by atoms with Crippen molar-refractivity contribution in [2.45, 2.75) is 0 Å². The lowest BCUT2D eigenvalue weighted by Gasteiger charge is -2.11. The first-order chi connectivity index (χ1) is 22.8. The number of rotatable bonds is 5. The summed E-state index contributed by atoms with van der Waals surface area (Å²) in [7, 11) is 0. The fraction of sp³-hybridized carbons (Fsp3) is 0. The molecule has 0 fully saturated rings. The number of fused-ring (bicyclic) bond motifs is 3. The molecule has 0 amide bonds. The molecule has 1 aliphatic carbocycles. The van der Waals surface area contributed by atoms with Gasteiger partial charge in [-0.3, -0.25) is 0 Å². The van der Waals surface area contributed by atoms with E-state index in [9.17, 15) is 0 Å². The van der Waals surface area contributed by atoms with Crippen LogP contribution in [0, 0.1) is 0 Å². The van der Waals surface area contributed by atoms with Crippen molar-refractivity contribution in [2.75, 3.05) is 0 Å². The van der Waals surface area contributed by atoms with E-state index < -0.39 is 0 Å².